The molecule has 0 saturated heterocycles. The van der Waals surface area contributed by atoms with Crippen molar-refractivity contribution in [3.63, 3.8) is 0 Å². The molecule has 1 aliphatic carbocycles. The lowest BCUT2D eigenvalue weighted by Crippen LogP contribution is -2.45. The van der Waals surface area contributed by atoms with Gasteiger partial charge in [0.25, 0.3) is 0 Å². The molecule has 1 saturated carbocycles. The molecule has 3 nitrogen and oxygen atoms in total. The van der Waals surface area contributed by atoms with Crippen LogP contribution in [0.3, 0.4) is 0 Å². The molecule has 1 fully saturated rings. The van der Waals surface area contributed by atoms with Gasteiger partial charge in [-0.3, -0.25) is 0 Å². The molecule has 0 aromatic carbocycles. The van der Waals surface area contributed by atoms with Crippen LogP contribution in [0.5, 0.6) is 0 Å². The first-order chi connectivity index (χ1) is 8.23. The number of rotatable bonds is 7. The van der Waals surface area contributed by atoms with Gasteiger partial charge in [0.1, 0.15) is 5.01 Å². The van der Waals surface area contributed by atoms with E-state index in [1.807, 2.05) is 0 Å². The molecule has 1 atom stereocenters. The highest BCUT2D eigenvalue weighted by Crippen LogP contribution is 2.48. The van der Waals surface area contributed by atoms with Crippen molar-refractivity contribution < 1.29 is 4.74 Å². The van der Waals surface area contributed by atoms with Crippen LogP contribution in [0.2, 0.25) is 0 Å². The largest absolute Gasteiger partial charge is 0.383 e. The van der Waals surface area contributed by atoms with Crippen molar-refractivity contribution in [2.75, 3.05) is 20.3 Å². The quantitative estimate of drug-likeness (QED) is 0.760. The minimum Gasteiger partial charge on any atom is -0.383 e. The maximum absolute atomic E-state index is 5.14. The summed E-state index contributed by atoms with van der Waals surface area (Å²) >= 11 is 1.79. The number of nitrogens with one attached hydrogen (secondary N) is 1. The zero-order chi connectivity index (χ0) is 12.3. The van der Waals surface area contributed by atoms with E-state index in [0.717, 1.165) is 31.2 Å². The fourth-order valence-corrected chi connectivity index (χ4v) is 3.60. The van der Waals surface area contributed by atoms with Crippen LogP contribution >= 0.6 is 11.3 Å². The van der Waals surface area contributed by atoms with E-state index >= 15 is 0 Å². The molecule has 0 radical (unpaired) electrons. The van der Waals surface area contributed by atoms with Gasteiger partial charge < -0.3 is 10.1 Å². The molecule has 1 aromatic heterocycles. The third kappa shape index (κ3) is 2.69. The monoisotopic (exact) mass is 254 g/mol. The van der Waals surface area contributed by atoms with Crippen LogP contribution in [0.4, 0.5) is 0 Å². The van der Waals surface area contributed by atoms with Crippen LogP contribution in [0, 0.1) is 12.8 Å². The molecule has 0 spiro atoms. The molecule has 2 rings (SSSR count). The predicted octanol–water partition coefficient (Wildman–Crippen LogP) is 2.70. The first kappa shape index (κ1) is 13.0. The molecular weight excluding hydrogens is 232 g/mol. The summed E-state index contributed by atoms with van der Waals surface area (Å²) in [7, 11) is 1.75. The Bertz CT molecular complexity index is 362. The zero-order valence-corrected chi connectivity index (χ0v) is 11.8. The normalized spacial score (nSPS) is 19.2. The Kier molecular flexibility index (Phi) is 4.17. The van der Waals surface area contributed by atoms with Crippen LogP contribution < -0.4 is 5.32 Å². The lowest BCUT2D eigenvalue weighted by Gasteiger charge is -2.32. The van der Waals surface area contributed by atoms with Gasteiger partial charge in [-0.2, -0.15) is 0 Å². The molecule has 1 unspecified atom stereocenters. The lowest BCUT2D eigenvalue weighted by molar-refractivity contribution is 0.174. The van der Waals surface area contributed by atoms with E-state index in [9.17, 15) is 0 Å². The van der Waals surface area contributed by atoms with E-state index in [-0.39, 0.29) is 5.54 Å². The summed E-state index contributed by atoms with van der Waals surface area (Å²) in [5.74, 6) is 0.759. The molecule has 0 bridgehead atoms. The first-order valence-corrected chi connectivity index (χ1v) is 7.27. The smallest absolute Gasteiger partial charge is 0.113 e. The van der Waals surface area contributed by atoms with Crippen molar-refractivity contribution >= 4 is 11.3 Å². The van der Waals surface area contributed by atoms with Gasteiger partial charge in [0.05, 0.1) is 12.1 Å². The number of aryl methyl sites for hydroxylation is 1. The minimum absolute atomic E-state index is 0.0947. The summed E-state index contributed by atoms with van der Waals surface area (Å²) in [6, 6.07) is 0. The molecule has 1 N–H and O–H groups in total. The number of nitrogens with zero attached hydrogens (tertiary/aromatic N) is 1. The highest BCUT2D eigenvalue weighted by atomic mass is 32.1. The summed E-state index contributed by atoms with van der Waals surface area (Å²) in [4.78, 5) is 4.71. The summed E-state index contributed by atoms with van der Waals surface area (Å²) in [6.45, 7) is 6.00. The van der Waals surface area contributed by atoms with Gasteiger partial charge in [-0.15, -0.1) is 11.3 Å². The van der Waals surface area contributed by atoms with Crippen LogP contribution in [-0.4, -0.2) is 25.2 Å². The fraction of sp³-hybridized carbons (Fsp3) is 0.769. The highest BCUT2D eigenvalue weighted by Gasteiger charge is 2.46. The molecule has 1 heterocycles. The Balaban J connectivity index is 2.16. The second-order valence-corrected chi connectivity index (χ2v) is 5.67. The van der Waals surface area contributed by atoms with E-state index in [1.54, 1.807) is 18.4 Å². The SMILES string of the molecule is CCC(NCCOC)(c1nc(C)cs1)C1CC1. The zero-order valence-electron chi connectivity index (χ0n) is 11.0. The Hall–Kier alpha value is -0.450. The van der Waals surface area contributed by atoms with Gasteiger partial charge >= 0.3 is 0 Å². The van der Waals surface area contributed by atoms with Crippen LogP contribution in [0.15, 0.2) is 5.38 Å². The van der Waals surface area contributed by atoms with Crippen molar-refractivity contribution in [3.8, 4) is 0 Å². The van der Waals surface area contributed by atoms with Gasteiger partial charge in [-0.05, 0) is 32.1 Å². The third-order valence-electron chi connectivity index (χ3n) is 3.58. The molecule has 0 aliphatic heterocycles. The van der Waals surface area contributed by atoms with E-state index in [2.05, 4.69) is 24.5 Å². The van der Waals surface area contributed by atoms with E-state index in [4.69, 9.17) is 9.72 Å². The van der Waals surface area contributed by atoms with E-state index < -0.39 is 0 Å². The molecule has 1 aliphatic rings. The van der Waals surface area contributed by atoms with Gasteiger partial charge in [0, 0.05) is 24.7 Å². The first-order valence-electron chi connectivity index (χ1n) is 6.39. The van der Waals surface area contributed by atoms with Crippen LogP contribution in [0.1, 0.15) is 36.9 Å². The molecule has 17 heavy (non-hydrogen) atoms. The van der Waals surface area contributed by atoms with Crippen molar-refractivity contribution in [1.29, 1.82) is 0 Å². The van der Waals surface area contributed by atoms with Crippen molar-refractivity contribution in [2.45, 2.75) is 38.6 Å². The Labute approximate surface area is 108 Å². The maximum Gasteiger partial charge on any atom is 0.113 e. The average Bonchev–Trinajstić information content (AvgIpc) is 3.09. The number of methoxy groups -OCH3 is 1. The van der Waals surface area contributed by atoms with Crippen LogP contribution in [0.25, 0.3) is 0 Å². The molecule has 0 amide bonds. The van der Waals surface area contributed by atoms with Gasteiger partial charge in [0.2, 0.25) is 0 Å². The summed E-state index contributed by atoms with van der Waals surface area (Å²) in [6.07, 6.45) is 3.76. The second-order valence-electron chi connectivity index (χ2n) is 4.81. The Morgan fingerprint density at radius 2 is 2.35 bits per heavy atom. The molecule has 1 aromatic rings. The summed E-state index contributed by atoms with van der Waals surface area (Å²) in [5.41, 5.74) is 1.23. The van der Waals surface area contributed by atoms with E-state index in [1.165, 1.54) is 17.8 Å². The van der Waals surface area contributed by atoms with Gasteiger partial charge in [-0.1, -0.05) is 6.92 Å². The second kappa shape index (κ2) is 5.46. The van der Waals surface area contributed by atoms with Gasteiger partial charge in [0.15, 0.2) is 0 Å². The highest BCUT2D eigenvalue weighted by molar-refractivity contribution is 7.09. The summed E-state index contributed by atoms with van der Waals surface area (Å²) < 4.78 is 5.14. The number of hydrogen-bond acceptors (Lipinski definition) is 4. The van der Waals surface area contributed by atoms with E-state index in [0.29, 0.717) is 0 Å². The van der Waals surface area contributed by atoms with Crippen LogP contribution in [-0.2, 0) is 10.3 Å². The maximum atomic E-state index is 5.14. The standard InChI is InChI=1S/C13H22N2OS/c1-4-13(11-5-6-11,14-7-8-16-3)12-15-10(2)9-17-12/h9,11,14H,4-8H2,1-3H3. The van der Waals surface area contributed by atoms with Crippen molar-refractivity contribution in [1.82, 2.24) is 10.3 Å². The predicted molar refractivity (Wildman–Crippen MR) is 71.4 cm³/mol. The lowest BCUT2D eigenvalue weighted by atomic mass is 9.90. The molecule has 4 heteroatoms. The number of aromatic nitrogens is 1. The Morgan fingerprint density at radius 3 is 2.82 bits per heavy atom. The average molecular weight is 254 g/mol. The number of ether oxygens (including phenoxy) is 1. The fourth-order valence-electron chi connectivity index (χ4n) is 2.47. The number of thiazole rings is 1. The molecule has 96 valence electrons. The topological polar surface area (TPSA) is 34.1 Å². The van der Waals surface area contributed by atoms with Gasteiger partial charge in [-0.25, -0.2) is 4.98 Å². The molecular formula is C13H22N2OS. The minimum atomic E-state index is 0.0947. The third-order valence-corrected chi connectivity index (χ3v) is 4.72. The Morgan fingerprint density at radius 1 is 1.59 bits per heavy atom. The van der Waals surface area contributed by atoms with Crippen molar-refractivity contribution in [3.05, 3.63) is 16.1 Å². The summed E-state index contributed by atoms with van der Waals surface area (Å²) in [5, 5.41) is 7.11. The van der Waals surface area contributed by atoms with Crippen molar-refractivity contribution in [2.24, 2.45) is 5.92 Å². The number of hydrogen-bond donors (Lipinski definition) is 1.